The quantitative estimate of drug-likeness (QED) is 0.193. The molecule has 0 N–H and O–H groups in total. The molecule has 0 fully saturated rings. The lowest BCUT2D eigenvalue weighted by molar-refractivity contribution is -0.116. The molecule has 9 heteroatoms. The molecule has 3 rings (SSSR count). The topological polar surface area (TPSA) is 84.0 Å². The van der Waals surface area contributed by atoms with Crippen LogP contribution in [0.15, 0.2) is 48.5 Å². The lowest BCUT2D eigenvalue weighted by atomic mass is 9.89. The summed E-state index contributed by atoms with van der Waals surface area (Å²) >= 11 is 3.33. The van der Waals surface area contributed by atoms with Gasteiger partial charge >= 0.3 is 11.9 Å². The van der Waals surface area contributed by atoms with Gasteiger partial charge in [-0.1, -0.05) is 83.9 Å². The second-order valence-corrected chi connectivity index (χ2v) is 14.9. The first-order valence-electron chi connectivity index (χ1n) is 15.1. The number of cyclic esters (lactones) is 2. The van der Waals surface area contributed by atoms with E-state index in [1.165, 1.54) is 17.7 Å². The Balaban J connectivity index is 1.95. The van der Waals surface area contributed by atoms with Crippen molar-refractivity contribution in [2.24, 2.45) is 10.8 Å². The van der Waals surface area contributed by atoms with Crippen molar-refractivity contribution < 1.29 is 28.5 Å². The Morgan fingerprint density at radius 2 is 1.30 bits per heavy atom. The van der Waals surface area contributed by atoms with E-state index in [2.05, 4.69) is 46.7 Å². The van der Waals surface area contributed by atoms with Gasteiger partial charge in [-0.2, -0.15) is 11.8 Å². The SMILES string of the molecule is C#CC#CC#CCSCC1OC[C@H](C(C)(C)C)OC(=O)c2cccc(n2)C(=O)O[C@@H](C(C)(C)C)COC1CSCc1ccccc1. The van der Waals surface area contributed by atoms with E-state index in [1.807, 2.05) is 59.7 Å². The lowest BCUT2D eigenvalue weighted by Crippen LogP contribution is -2.44. The van der Waals surface area contributed by atoms with Crippen molar-refractivity contribution in [3.63, 3.8) is 0 Å². The van der Waals surface area contributed by atoms with E-state index in [0.29, 0.717) is 17.3 Å². The molecule has 1 aromatic carbocycles. The summed E-state index contributed by atoms with van der Waals surface area (Å²) < 4.78 is 25.1. The lowest BCUT2D eigenvalue weighted by Gasteiger charge is -2.35. The molecule has 244 valence electrons. The number of hydrogen-bond donors (Lipinski definition) is 0. The predicted octanol–water partition coefficient (Wildman–Crippen LogP) is 6.32. The smallest absolute Gasteiger partial charge is 0.357 e. The number of ether oxygens (including phenoxy) is 4. The fraction of sp³-hybridized carbons (Fsp3) is 0.486. The van der Waals surface area contributed by atoms with Crippen LogP contribution in [0.5, 0.6) is 0 Å². The predicted molar refractivity (Wildman–Crippen MR) is 185 cm³/mol. The molecule has 2 aromatic rings. The van der Waals surface area contributed by atoms with Crippen molar-refractivity contribution in [3.05, 3.63) is 65.5 Å². The van der Waals surface area contributed by atoms with Crippen molar-refractivity contribution in [3.8, 4) is 36.0 Å². The number of rotatable bonds is 7. The number of esters is 2. The number of pyridine rings is 1. The van der Waals surface area contributed by atoms with Gasteiger partial charge in [0.15, 0.2) is 0 Å². The molecule has 0 aliphatic carbocycles. The van der Waals surface area contributed by atoms with Crippen molar-refractivity contribution >= 4 is 35.5 Å². The molecular weight excluding hydrogens is 619 g/mol. The van der Waals surface area contributed by atoms with E-state index in [-0.39, 0.29) is 30.7 Å². The molecule has 2 bridgehead atoms. The maximum absolute atomic E-state index is 13.3. The average Bonchev–Trinajstić information content (AvgIpc) is 3.01. The van der Waals surface area contributed by atoms with Gasteiger partial charge < -0.3 is 18.9 Å². The number of fused-ring (bicyclic) bond motifs is 2. The third-order valence-corrected chi connectivity index (χ3v) is 9.09. The first-order chi connectivity index (χ1) is 21.9. The number of carbonyl (C=O) groups excluding carboxylic acids is 2. The molecule has 4 atom stereocenters. The summed E-state index contributed by atoms with van der Waals surface area (Å²) in [4.78, 5) is 30.9. The van der Waals surface area contributed by atoms with Gasteiger partial charge in [-0.15, -0.1) is 18.2 Å². The van der Waals surface area contributed by atoms with Crippen LogP contribution in [0, 0.1) is 46.9 Å². The van der Waals surface area contributed by atoms with Crippen LogP contribution in [-0.4, -0.2) is 71.8 Å². The van der Waals surface area contributed by atoms with E-state index in [1.54, 1.807) is 29.6 Å². The molecule has 0 amide bonds. The van der Waals surface area contributed by atoms with Crippen LogP contribution in [0.2, 0.25) is 0 Å². The van der Waals surface area contributed by atoms with Gasteiger partial charge in [0.1, 0.15) is 23.6 Å². The summed E-state index contributed by atoms with van der Waals surface area (Å²) in [6, 6.07) is 14.9. The van der Waals surface area contributed by atoms with Gasteiger partial charge in [0.25, 0.3) is 0 Å². The minimum absolute atomic E-state index is 0.0240. The number of benzene rings is 1. The van der Waals surface area contributed by atoms with Crippen molar-refractivity contribution in [1.29, 1.82) is 0 Å². The number of thioether (sulfide) groups is 2. The van der Waals surface area contributed by atoms with Crippen LogP contribution in [0.4, 0.5) is 0 Å². The normalized spacial score (nSPS) is 21.1. The molecular formula is C37H43NO6S2. The molecule has 2 heterocycles. The largest absolute Gasteiger partial charge is 0.455 e. The summed E-state index contributed by atoms with van der Waals surface area (Å²) in [5.74, 6) is 14.4. The molecule has 0 radical (unpaired) electrons. The summed E-state index contributed by atoms with van der Waals surface area (Å²) in [5, 5.41) is 0. The zero-order valence-corrected chi connectivity index (χ0v) is 29.1. The monoisotopic (exact) mass is 661 g/mol. The number of nitrogens with zero attached hydrogens (tertiary/aromatic N) is 1. The molecule has 46 heavy (non-hydrogen) atoms. The van der Waals surface area contributed by atoms with Crippen LogP contribution in [-0.2, 0) is 24.7 Å². The number of aromatic nitrogens is 1. The van der Waals surface area contributed by atoms with E-state index >= 15 is 0 Å². The van der Waals surface area contributed by atoms with Crippen LogP contribution in [0.1, 0.15) is 68.1 Å². The molecule has 1 aromatic heterocycles. The number of carbonyl (C=O) groups is 2. The van der Waals surface area contributed by atoms with Crippen LogP contribution in [0.25, 0.3) is 0 Å². The number of hydrogen-bond acceptors (Lipinski definition) is 9. The van der Waals surface area contributed by atoms with Gasteiger partial charge in [-0.05, 0) is 41.4 Å². The highest BCUT2D eigenvalue weighted by Gasteiger charge is 2.35. The van der Waals surface area contributed by atoms with E-state index in [9.17, 15) is 9.59 Å². The van der Waals surface area contributed by atoms with E-state index in [0.717, 1.165) is 5.75 Å². The highest BCUT2D eigenvalue weighted by molar-refractivity contribution is 7.99. The molecule has 7 nitrogen and oxygen atoms in total. The minimum Gasteiger partial charge on any atom is -0.455 e. The zero-order chi connectivity index (χ0) is 33.6. The fourth-order valence-corrected chi connectivity index (χ4v) is 6.08. The molecule has 1 aliphatic heterocycles. The first kappa shape index (κ1) is 37.1. The standard InChI is InChI=1S/C37H43NO6S2/c1-8-9-10-11-15-21-45-25-30-31(26-46-24-27-17-13-12-14-18-27)42-23-33(37(5,6)7)44-35(40)29-20-16-19-28(38-29)34(39)43-32(22-41-30)36(2,3)4/h1,12-14,16-20,30-33H,21-26H2,2-7H3/t30?,31?,32-,33-/m1/s1. The average molecular weight is 662 g/mol. The van der Waals surface area contributed by atoms with Crippen LogP contribution in [0.3, 0.4) is 0 Å². The molecule has 0 saturated heterocycles. The van der Waals surface area contributed by atoms with Crippen molar-refractivity contribution in [1.82, 2.24) is 4.98 Å². The fourth-order valence-electron chi connectivity index (χ4n) is 4.15. The Labute approximate surface area is 282 Å². The third kappa shape index (κ3) is 12.4. The maximum Gasteiger partial charge on any atom is 0.357 e. The van der Waals surface area contributed by atoms with Gasteiger partial charge in [0, 0.05) is 28.1 Å². The highest BCUT2D eigenvalue weighted by atomic mass is 32.2. The first-order valence-corrected chi connectivity index (χ1v) is 17.4. The number of terminal acetylenes is 1. The Bertz CT molecular complexity index is 1470. The Hall–Kier alpha value is -3.39. The van der Waals surface area contributed by atoms with Gasteiger partial charge in [0.05, 0.1) is 31.2 Å². The molecule has 2 unspecified atom stereocenters. The van der Waals surface area contributed by atoms with Gasteiger partial charge in [-0.3, -0.25) is 0 Å². The summed E-state index contributed by atoms with van der Waals surface area (Å²) in [5.41, 5.74) is 0.360. The molecule has 0 saturated carbocycles. The second kappa shape index (κ2) is 18.1. The van der Waals surface area contributed by atoms with E-state index < -0.39 is 41.1 Å². The van der Waals surface area contributed by atoms with Gasteiger partial charge in [0.2, 0.25) is 0 Å². The maximum atomic E-state index is 13.3. The highest BCUT2D eigenvalue weighted by Crippen LogP contribution is 2.29. The molecule has 1 aliphatic rings. The zero-order valence-electron chi connectivity index (χ0n) is 27.5. The summed E-state index contributed by atoms with van der Waals surface area (Å²) in [6.07, 6.45) is 3.21. The Morgan fingerprint density at radius 1 is 0.761 bits per heavy atom. The van der Waals surface area contributed by atoms with Crippen LogP contribution >= 0.6 is 23.5 Å². The minimum atomic E-state index is -0.638. The second-order valence-electron chi connectivity index (χ2n) is 12.9. The Kier molecular flexibility index (Phi) is 14.6. The van der Waals surface area contributed by atoms with Crippen molar-refractivity contribution in [2.75, 3.05) is 30.5 Å². The molecule has 0 spiro atoms. The Morgan fingerprint density at radius 3 is 1.83 bits per heavy atom. The van der Waals surface area contributed by atoms with Crippen molar-refractivity contribution in [2.45, 2.75) is 71.7 Å². The van der Waals surface area contributed by atoms with Gasteiger partial charge in [-0.25, -0.2) is 14.6 Å². The van der Waals surface area contributed by atoms with E-state index in [4.69, 9.17) is 25.4 Å². The summed E-state index contributed by atoms with van der Waals surface area (Å²) in [6.45, 7) is 12.2. The summed E-state index contributed by atoms with van der Waals surface area (Å²) in [7, 11) is 0. The third-order valence-electron chi connectivity index (χ3n) is 7.07. The van der Waals surface area contributed by atoms with Crippen LogP contribution < -0.4 is 0 Å².